The molecule has 0 spiro atoms. The van der Waals surface area contributed by atoms with Crippen LogP contribution in [-0.4, -0.2) is 26.2 Å². The minimum absolute atomic E-state index is 0.126. The van der Waals surface area contributed by atoms with Gasteiger partial charge in [0.1, 0.15) is 0 Å². The van der Waals surface area contributed by atoms with Crippen LogP contribution in [0, 0.1) is 0 Å². The van der Waals surface area contributed by atoms with Crippen LogP contribution in [0.4, 0.5) is 5.69 Å². The molecule has 0 atom stereocenters. The molecule has 0 aliphatic carbocycles. The molecule has 0 unspecified atom stereocenters. The van der Waals surface area contributed by atoms with E-state index in [1.807, 2.05) is 30.3 Å². The fourth-order valence-electron chi connectivity index (χ4n) is 2.54. The summed E-state index contributed by atoms with van der Waals surface area (Å²) < 4.78 is 5.21. The Morgan fingerprint density at radius 1 is 1.19 bits per heavy atom. The van der Waals surface area contributed by atoms with Gasteiger partial charge in [-0.3, -0.25) is 9.89 Å². The summed E-state index contributed by atoms with van der Waals surface area (Å²) in [6.07, 6.45) is 2.31. The number of halogens is 1. The number of hydrogen-bond donors (Lipinski definition) is 2. The Kier molecular flexibility index (Phi) is 4.37. The fourth-order valence-corrected chi connectivity index (χ4v) is 2.66. The minimum Gasteiger partial charge on any atom is -0.339 e. The summed E-state index contributed by atoms with van der Waals surface area (Å²) in [5, 5.41) is 15.2. The van der Waals surface area contributed by atoms with E-state index < -0.39 is 0 Å². The summed E-state index contributed by atoms with van der Waals surface area (Å²) in [6, 6.07) is 12.7. The molecule has 1 amide bonds. The average molecular weight is 368 g/mol. The second-order valence-electron chi connectivity index (χ2n) is 5.74. The van der Waals surface area contributed by atoms with Crippen molar-refractivity contribution in [2.45, 2.75) is 12.8 Å². The molecule has 2 heterocycles. The maximum absolute atomic E-state index is 12.1. The number of benzene rings is 2. The van der Waals surface area contributed by atoms with Gasteiger partial charge in [-0.25, -0.2) is 0 Å². The van der Waals surface area contributed by atoms with Gasteiger partial charge in [-0.2, -0.15) is 10.1 Å². The number of hydrogen-bond acceptors (Lipinski definition) is 5. The van der Waals surface area contributed by atoms with E-state index in [0.29, 0.717) is 23.2 Å². The minimum atomic E-state index is -0.126. The normalized spacial score (nSPS) is 11.0. The van der Waals surface area contributed by atoms with Crippen molar-refractivity contribution in [1.29, 1.82) is 0 Å². The summed E-state index contributed by atoms with van der Waals surface area (Å²) in [6.45, 7) is 0. The molecule has 2 aromatic heterocycles. The van der Waals surface area contributed by atoms with Crippen LogP contribution in [0.1, 0.15) is 12.3 Å². The molecule has 7 nitrogen and oxygen atoms in total. The molecule has 8 heteroatoms. The van der Waals surface area contributed by atoms with Crippen molar-refractivity contribution >= 4 is 34.1 Å². The molecule has 0 bridgehead atoms. The standard InChI is InChI=1S/C18H14ClN5O2/c19-13-3-1-11(2-4-13)18-22-17(26-24-18)8-7-16(25)21-14-5-6-15-12(9-14)10-20-23-15/h1-6,9-10H,7-8H2,(H,20,23)(H,21,25). The maximum Gasteiger partial charge on any atom is 0.227 e. The Morgan fingerprint density at radius 2 is 2.04 bits per heavy atom. The number of nitrogens with one attached hydrogen (secondary N) is 2. The third-order valence-electron chi connectivity index (χ3n) is 3.86. The van der Waals surface area contributed by atoms with E-state index in [1.54, 1.807) is 18.3 Å². The molecule has 4 aromatic rings. The number of aromatic amines is 1. The van der Waals surface area contributed by atoms with E-state index in [4.69, 9.17) is 16.1 Å². The molecule has 0 radical (unpaired) electrons. The Bertz CT molecular complexity index is 1050. The third-order valence-corrected chi connectivity index (χ3v) is 4.11. The van der Waals surface area contributed by atoms with E-state index in [-0.39, 0.29) is 12.3 Å². The SMILES string of the molecule is O=C(CCc1nc(-c2ccc(Cl)cc2)no1)Nc1ccc2[nH]ncc2c1. The van der Waals surface area contributed by atoms with Crippen molar-refractivity contribution in [2.24, 2.45) is 0 Å². The summed E-state index contributed by atoms with van der Waals surface area (Å²) in [5.74, 6) is 0.761. The number of nitrogens with zero attached hydrogens (tertiary/aromatic N) is 3. The lowest BCUT2D eigenvalue weighted by Crippen LogP contribution is -2.12. The number of aryl methyl sites for hydroxylation is 1. The van der Waals surface area contributed by atoms with Gasteiger partial charge in [0.25, 0.3) is 0 Å². The predicted molar refractivity (Wildman–Crippen MR) is 97.8 cm³/mol. The highest BCUT2D eigenvalue weighted by molar-refractivity contribution is 6.30. The largest absolute Gasteiger partial charge is 0.339 e. The molecule has 4 rings (SSSR count). The molecule has 2 N–H and O–H groups in total. The van der Waals surface area contributed by atoms with E-state index in [9.17, 15) is 4.79 Å². The number of amides is 1. The number of rotatable bonds is 5. The number of carbonyl (C=O) groups excluding carboxylic acids is 1. The summed E-state index contributed by atoms with van der Waals surface area (Å²) in [5.41, 5.74) is 2.45. The van der Waals surface area contributed by atoms with E-state index in [0.717, 1.165) is 22.2 Å². The molecule has 130 valence electrons. The van der Waals surface area contributed by atoms with Crippen LogP contribution in [0.2, 0.25) is 5.02 Å². The van der Waals surface area contributed by atoms with Gasteiger partial charge in [0.05, 0.1) is 11.7 Å². The molecule has 0 saturated heterocycles. The molecular weight excluding hydrogens is 354 g/mol. The maximum atomic E-state index is 12.1. The van der Waals surface area contributed by atoms with Crippen LogP contribution in [-0.2, 0) is 11.2 Å². The Morgan fingerprint density at radius 3 is 2.88 bits per heavy atom. The van der Waals surface area contributed by atoms with Gasteiger partial charge in [-0.1, -0.05) is 16.8 Å². The van der Waals surface area contributed by atoms with Gasteiger partial charge in [0.2, 0.25) is 17.6 Å². The van der Waals surface area contributed by atoms with Crippen molar-refractivity contribution in [3.63, 3.8) is 0 Å². The molecule has 0 fully saturated rings. The van der Waals surface area contributed by atoms with E-state index in [2.05, 4.69) is 25.7 Å². The van der Waals surface area contributed by atoms with E-state index in [1.165, 1.54) is 0 Å². The van der Waals surface area contributed by atoms with Crippen molar-refractivity contribution in [3.8, 4) is 11.4 Å². The van der Waals surface area contributed by atoms with Crippen LogP contribution in [0.5, 0.6) is 0 Å². The van der Waals surface area contributed by atoms with Crippen molar-refractivity contribution in [3.05, 3.63) is 59.6 Å². The highest BCUT2D eigenvalue weighted by Crippen LogP contribution is 2.20. The Labute approximate surface area is 153 Å². The quantitative estimate of drug-likeness (QED) is 0.558. The van der Waals surface area contributed by atoms with Crippen molar-refractivity contribution < 1.29 is 9.32 Å². The van der Waals surface area contributed by atoms with Crippen molar-refractivity contribution in [2.75, 3.05) is 5.32 Å². The second kappa shape index (κ2) is 6.97. The molecule has 2 aromatic carbocycles. The topological polar surface area (TPSA) is 96.7 Å². The lowest BCUT2D eigenvalue weighted by molar-refractivity contribution is -0.116. The second-order valence-corrected chi connectivity index (χ2v) is 6.18. The zero-order valence-corrected chi connectivity index (χ0v) is 14.3. The first-order valence-electron chi connectivity index (χ1n) is 7.99. The Hall–Kier alpha value is -3.19. The first-order chi connectivity index (χ1) is 12.7. The highest BCUT2D eigenvalue weighted by atomic mass is 35.5. The van der Waals surface area contributed by atoms with Crippen LogP contribution < -0.4 is 5.32 Å². The van der Waals surface area contributed by atoms with Crippen molar-refractivity contribution in [1.82, 2.24) is 20.3 Å². The summed E-state index contributed by atoms with van der Waals surface area (Å²) in [7, 11) is 0. The first-order valence-corrected chi connectivity index (χ1v) is 8.37. The lowest BCUT2D eigenvalue weighted by atomic mass is 10.2. The van der Waals surface area contributed by atoms with Gasteiger partial charge in [0, 0.05) is 34.5 Å². The lowest BCUT2D eigenvalue weighted by Gasteiger charge is -2.04. The van der Waals surface area contributed by atoms with Gasteiger partial charge >= 0.3 is 0 Å². The molecular formula is C18H14ClN5O2. The average Bonchev–Trinajstić information content (AvgIpc) is 3.29. The first kappa shape index (κ1) is 16.3. The van der Waals surface area contributed by atoms with Crippen LogP contribution in [0.15, 0.2) is 53.2 Å². The van der Waals surface area contributed by atoms with Crippen LogP contribution in [0.3, 0.4) is 0 Å². The number of carbonyl (C=O) groups is 1. The van der Waals surface area contributed by atoms with E-state index >= 15 is 0 Å². The number of fused-ring (bicyclic) bond motifs is 1. The predicted octanol–water partition coefficient (Wildman–Crippen LogP) is 3.84. The summed E-state index contributed by atoms with van der Waals surface area (Å²) >= 11 is 5.87. The fraction of sp³-hybridized carbons (Fsp3) is 0.111. The van der Waals surface area contributed by atoms with Crippen LogP contribution in [0.25, 0.3) is 22.3 Å². The van der Waals surface area contributed by atoms with Gasteiger partial charge in [-0.15, -0.1) is 0 Å². The number of anilines is 1. The number of aromatic nitrogens is 4. The smallest absolute Gasteiger partial charge is 0.227 e. The molecule has 0 aliphatic rings. The van der Waals surface area contributed by atoms with Gasteiger partial charge < -0.3 is 9.84 Å². The summed E-state index contributed by atoms with van der Waals surface area (Å²) in [4.78, 5) is 16.4. The highest BCUT2D eigenvalue weighted by Gasteiger charge is 2.11. The number of H-pyrrole nitrogens is 1. The molecule has 0 saturated carbocycles. The Balaban J connectivity index is 1.36. The van der Waals surface area contributed by atoms with Crippen LogP contribution >= 0.6 is 11.6 Å². The third kappa shape index (κ3) is 3.57. The zero-order chi connectivity index (χ0) is 17.9. The monoisotopic (exact) mass is 367 g/mol. The zero-order valence-electron chi connectivity index (χ0n) is 13.6. The molecule has 0 aliphatic heterocycles. The molecule has 26 heavy (non-hydrogen) atoms. The van der Waals surface area contributed by atoms with Gasteiger partial charge in [-0.05, 0) is 42.5 Å². The van der Waals surface area contributed by atoms with Gasteiger partial charge in [0.15, 0.2) is 0 Å².